The van der Waals surface area contributed by atoms with E-state index < -0.39 is 21.5 Å². The molecule has 15 heavy (non-hydrogen) atoms. The average Bonchev–Trinajstić information content (AvgIpc) is 2.50. The molecule has 0 aliphatic carbocycles. The minimum atomic E-state index is -3.70. The summed E-state index contributed by atoms with van der Waals surface area (Å²) < 4.78 is 23.3. The number of anilines is 1. The van der Waals surface area contributed by atoms with E-state index in [9.17, 15) is 13.2 Å². The zero-order valence-electron chi connectivity index (χ0n) is 8.39. The Balaban J connectivity index is 2.96. The van der Waals surface area contributed by atoms with E-state index in [1.54, 1.807) is 0 Å². The summed E-state index contributed by atoms with van der Waals surface area (Å²) in [5, 5.41) is 5.79. The first-order valence-electron chi connectivity index (χ1n) is 4.06. The van der Waals surface area contributed by atoms with Crippen molar-refractivity contribution in [2.45, 2.75) is 4.90 Å². The number of hydrogen-bond acceptors (Lipinski definition) is 5. The number of nitrogens with two attached hydrogens (primary N) is 1. The van der Waals surface area contributed by atoms with Gasteiger partial charge >= 0.3 is 0 Å². The summed E-state index contributed by atoms with van der Waals surface area (Å²) >= 11 is 0. The molecule has 0 fully saturated rings. The molecule has 0 atom stereocenters. The zero-order chi connectivity index (χ0) is 11.6. The average molecular weight is 232 g/mol. The quantitative estimate of drug-likeness (QED) is 0.684. The number of nitrogens with one attached hydrogen (secondary N) is 1. The molecule has 0 aromatic carbocycles. The molecule has 1 heterocycles. The van der Waals surface area contributed by atoms with Gasteiger partial charge in [0.15, 0.2) is 9.84 Å². The summed E-state index contributed by atoms with van der Waals surface area (Å²) in [6.07, 6.45) is 1.09. The molecule has 7 nitrogen and oxygen atoms in total. The minimum absolute atomic E-state index is 0.0541. The maximum Gasteiger partial charge on any atom is 0.237 e. The van der Waals surface area contributed by atoms with Gasteiger partial charge in [-0.25, -0.2) is 8.42 Å². The lowest BCUT2D eigenvalue weighted by Crippen LogP contribution is -2.29. The van der Waals surface area contributed by atoms with Gasteiger partial charge in [-0.3, -0.25) is 9.89 Å². The number of carbonyl (C=O) groups is 1. The number of sulfone groups is 1. The number of amides is 1. The smallest absolute Gasteiger partial charge is 0.237 e. The summed E-state index contributed by atoms with van der Waals surface area (Å²) in [6, 6.07) is 0. The Bertz CT molecular complexity index is 462. The van der Waals surface area contributed by atoms with Crippen molar-refractivity contribution in [2.24, 2.45) is 0 Å². The maximum absolute atomic E-state index is 11.6. The Hall–Kier alpha value is -1.57. The molecule has 1 aromatic heterocycles. The van der Waals surface area contributed by atoms with Crippen LogP contribution < -0.4 is 5.73 Å². The second kappa shape index (κ2) is 3.89. The van der Waals surface area contributed by atoms with E-state index in [-0.39, 0.29) is 10.7 Å². The number of carbonyl (C=O) groups excluding carboxylic acids is 1. The number of H-pyrrole nitrogens is 1. The van der Waals surface area contributed by atoms with E-state index in [1.165, 1.54) is 19.0 Å². The number of aromatic amines is 1. The summed E-state index contributed by atoms with van der Waals surface area (Å²) in [4.78, 5) is 12.3. The Kier molecular flexibility index (Phi) is 2.98. The van der Waals surface area contributed by atoms with Crippen LogP contribution in [-0.4, -0.2) is 49.3 Å². The Morgan fingerprint density at radius 3 is 2.60 bits per heavy atom. The lowest BCUT2D eigenvalue weighted by atomic mass is 10.6. The maximum atomic E-state index is 11.6. The van der Waals surface area contributed by atoms with Gasteiger partial charge in [0, 0.05) is 14.1 Å². The van der Waals surface area contributed by atoms with Crippen molar-refractivity contribution in [3.63, 3.8) is 0 Å². The van der Waals surface area contributed by atoms with Crippen LogP contribution in [0.3, 0.4) is 0 Å². The van der Waals surface area contributed by atoms with Crippen molar-refractivity contribution in [1.29, 1.82) is 0 Å². The van der Waals surface area contributed by atoms with Gasteiger partial charge in [0.25, 0.3) is 0 Å². The SMILES string of the molecule is CN(C)C(=O)CS(=O)(=O)c1cn[nH]c1N. The molecular weight excluding hydrogens is 220 g/mol. The first kappa shape index (κ1) is 11.5. The molecule has 0 saturated carbocycles. The first-order chi connectivity index (χ1) is 6.84. The largest absolute Gasteiger partial charge is 0.383 e. The molecule has 1 amide bonds. The van der Waals surface area contributed by atoms with E-state index in [1.807, 2.05) is 0 Å². The molecule has 1 aromatic rings. The summed E-state index contributed by atoms with van der Waals surface area (Å²) in [6.45, 7) is 0. The van der Waals surface area contributed by atoms with Crippen molar-refractivity contribution in [1.82, 2.24) is 15.1 Å². The fourth-order valence-electron chi connectivity index (χ4n) is 0.902. The molecule has 0 unspecified atom stereocenters. The van der Waals surface area contributed by atoms with Crippen molar-refractivity contribution < 1.29 is 13.2 Å². The fourth-order valence-corrected chi connectivity index (χ4v) is 2.24. The van der Waals surface area contributed by atoms with Crippen LogP contribution in [0.1, 0.15) is 0 Å². The highest BCUT2D eigenvalue weighted by Gasteiger charge is 2.23. The van der Waals surface area contributed by atoms with Gasteiger partial charge in [0.2, 0.25) is 5.91 Å². The molecule has 84 valence electrons. The number of nitrogen functional groups attached to an aromatic ring is 1. The Morgan fingerprint density at radius 1 is 1.60 bits per heavy atom. The van der Waals surface area contributed by atoms with Gasteiger partial charge in [0.1, 0.15) is 16.5 Å². The van der Waals surface area contributed by atoms with Crippen LogP contribution in [0.5, 0.6) is 0 Å². The zero-order valence-corrected chi connectivity index (χ0v) is 9.21. The number of rotatable bonds is 3. The van der Waals surface area contributed by atoms with Gasteiger partial charge in [-0.2, -0.15) is 5.10 Å². The van der Waals surface area contributed by atoms with Gasteiger partial charge < -0.3 is 10.6 Å². The van der Waals surface area contributed by atoms with Crippen molar-refractivity contribution >= 4 is 21.6 Å². The van der Waals surface area contributed by atoms with Crippen molar-refractivity contribution in [2.75, 3.05) is 25.6 Å². The highest BCUT2D eigenvalue weighted by atomic mass is 32.2. The number of nitrogens with zero attached hydrogens (tertiary/aromatic N) is 2. The van der Waals surface area contributed by atoms with Crippen LogP contribution in [0.25, 0.3) is 0 Å². The summed E-state index contributed by atoms with van der Waals surface area (Å²) in [5.74, 6) is -1.17. The second-order valence-electron chi connectivity index (χ2n) is 3.20. The third-order valence-electron chi connectivity index (χ3n) is 1.78. The third-order valence-corrected chi connectivity index (χ3v) is 3.40. The molecule has 0 bridgehead atoms. The van der Waals surface area contributed by atoms with Crippen LogP contribution in [-0.2, 0) is 14.6 Å². The summed E-state index contributed by atoms with van der Waals surface area (Å²) in [5.41, 5.74) is 5.36. The normalized spacial score (nSPS) is 11.3. The van der Waals surface area contributed by atoms with E-state index in [0.717, 1.165) is 6.20 Å². The van der Waals surface area contributed by atoms with Crippen LogP contribution >= 0.6 is 0 Å². The molecule has 0 saturated heterocycles. The van der Waals surface area contributed by atoms with E-state index in [2.05, 4.69) is 10.2 Å². The molecule has 1 rings (SSSR count). The molecule has 3 N–H and O–H groups in total. The molecule has 8 heteroatoms. The Morgan fingerprint density at radius 2 is 2.20 bits per heavy atom. The number of hydrogen-bond donors (Lipinski definition) is 2. The lowest BCUT2D eigenvalue weighted by molar-refractivity contribution is -0.125. The standard InChI is InChI=1S/C7H12N4O3S/c1-11(2)6(12)4-15(13,14)5-3-9-10-7(5)8/h3H,4H2,1-2H3,(H3,8,9,10). The van der Waals surface area contributed by atoms with Crippen LogP contribution in [0.15, 0.2) is 11.1 Å². The predicted molar refractivity (Wildman–Crippen MR) is 53.7 cm³/mol. The van der Waals surface area contributed by atoms with Gasteiger partial charge in [-0.15, -0.1) is 0 Å². The van der Waals surface area contributed by atoms with Crippen molar-refractivity contribution in [3.05, 3.63) is 6.20 Å². The summed E-state index contributed by atoms with van der Waals surface area (Å²) in [7, 11) is -0.736. The minimum Gasteiger partial charge on any atom is -0.383 e. The molecule has 0 aliphatic heterocycles. The Labute approximate surface area is 87.2 Å². The highest BCUT2D eigenvalue weighted by Crippen LogP contribution is 2.15. The van der Waals surface area contributed by atoms with E-state index in [4.69, 9.17) is 5.73 Å². The van der Waals surface area contributed by atoms with E-state index in [0.29, 0.717) is 0 Å². The third kappa shape index (κ3) is 2.46. The van der Waals surface area contributed by atoms with Crippen LogP contribution in [0.4, 0.5) is 5.82 Å². The van der Waals surface area contributed by atoms with E-state index >= 15 is 0 Å². The van der Waals surface area contributed by atoms with Crippen molar-refractivity contribution in [3.8, 4) is 0 Å². The van der Waals surface area contributed by atoms with Crippen LogP contribution in [0, 0.1) is 0 Å². The molecule has 0 aliphatic rings. The first-order valence-corrected chi connectivity index (χ1v) is 5.71. The highest BCUT2D eigenvalue weighted by molar-refractivity contribution is 7.92. The lowest BCUT2D eigenvalue weighted by Gasteiger charge is -2.09. The molecule has 0 radical (unpaired) electrons. The molecular formula is C7H12N4O3S. The van der Waals surface area contributed by atoms with Gasteiger partial charge in [-0.05, 0) is 0 Å². The van der Waals surface area contributed by atoms with Gasteiger partial charge in [-0.1, -0.05) is 0 Å². The van der Waals surface area contributed by atoms with Crippen LogP contribution in [0.2, 0.25) is 0 Å². The second-order valence-corrected chi connectivity index (χ2v) is 5.15. The number of aromatic nitrogens is 2. The predicted octanol–water partition coefficient (Wildman–Crippen LogP) is -1.15. The monoisotopic (exact) mass is 232 g/mol. The molecule has 0 spiro atoms. The van der Waals surface area contributed by atoms with Gasteiger partial charge in [0.05, 0.1) is 6.20 Å². The fraction of sp³-hybridized carbons (Fsp3) is 0.429. The topological polar surface area (TPSA) is 109 Å².